The molecule has 0 radical (unpaired) electrons. The van der Waals surface area contributed by atoms with Gasteiger partial charge in [-0.15, -0.1) is 0 Å². The van der Waals surface area contributed by atoms with Crippen LogP contribution in [0, 0.1) is 5.92 Å². The fraction of sp³-hybridized carbons (Fsp3) is 0.379. The highest BCUT2D eigenvalue weighted by Crippen LogP contribution is 2.34. The summed E-state index contributed by atoms with van der Waals surface area (Å²) < 4.78 is 13.9. The quantitative estimate of drug-likeness (QED) is 0.392. The number of rotatable bonds is 7. The van der Waals surface area contributed by atoms with Crippen LogP contribution < -0.4 is 15.0 Å². The number of hydrogen-bond acceptors (Lipinski definition) is 7. The zero-order valence-corrected chi connectivity index (χ0v) is 22.0. The minimum atomic E-state index is -1.07. The Labute approximate surface area is 225 Å². The number of aliphatic hydroxyl groups is 1. The van der Waals surface area contributed by atoms with Gasteiger partial charge in [-0.05, 0) is 61.1 Å². The number of methoxy groups -OCH3 is 2. The summed E-state index contributed by atoms with van der Waals surface area (Å²) in [6.45, 7) is 1.13. The summed E-state index contributed by atoms with van der Waals surface area (Å²) in [5.41, 5.74) is 1.76. The van der Waals surface area contributed by atoms with E-state index in [4.69, 9.17) is 9.47 Å². The van der Waals surface area contributed by atoms with E-state index >= 15 is 0 Å². The molecule has 2 fully saturated rings. The molecule has 39 heavy (non-hydrogen) atoms. The van der Waals surface area contributed by atoms with Crippen molar-refractivity contribution in [2.24, 2.45) is 5.92 Å². The topological polar surface area (TPSA) is 112 Å². The molecule has 0 unspecified atom stereocenters. The molecule has 10 nitrogen and oxygen atoms in total. The second-order valence-corrected chi connectivity index (χ2v) is 10.4. The molecule has 1 aliphatic heterocycles. The lowest BCUT2D eigenvalue weighted by molar-refractivity contribution is -0.137. The van der Waals surface area contributed by atoms with Crippen LogP contribution in [-0.2, 0) is 11.3 Å². The summed E-state index contributed by atoms with van der Waals surface area (Å²) in [5.74, 6) is 1.65. The second kappa shape index (κ2) is 9.85. The minimum Gasteiger partial charge on any atom is -0.493 e. The van der Waals surface area contributed by atoms with Crippen LogP contribution in [0.4, 0.5) is 0 Å². The fourth-order valence-corrected chi connectivity index (χ4v) is 5.29. The smallest absolute Gasteiger partial charge is 0.264 e. The maximum atomic E-state index is 13.3. The lowest BCUT2D eigenvalue weighted by atomic mass is 9.91. The highest BCUT2D eigenvalue weighted by molar-refractivity contribution is 5.81. The van der Waals surface area contributed by atoms with Crippen LogP contribution in [0.5, 0.6) is 11.5 Å². The zero-order valence-electron chi connectivity index (χ0n) is 22.0. The van der Waals surface area contributed by atoms with Crippen molar-refractivity contribution in [3.8, 4) is 28.3 Å². The molecular formula is C29H31N5O5. The molecule has 0 spiro atoms. The summed E-state index contributed by atoms with van der Waals surface area (Å²) in [7, 11) is 3.20. The molecule has 6 rings (SSSR count). The lowest BCUT2D eigenvalue weighted by Crippen LogP contribution is -2.50. The van der Waals surface area contributed by atoms with Gasteiger partial charge in [-0.25, -0.2) is 9.67 Å². The van der Waals surface area contributed by atoms with Gasteiger partial charge in [-0.1, -0.05) is 18.2 Å². The van der Waals surface area contributed by atoms with Crippen LogP contribution in [0.3, 0.4) is 0 Å². The number of carbonyl (C=O) groups is 1. The van der Waals surface area contributed by atoms with Gasteiger partial charge in [0.1, 0.15) is 11.7 Å². The molecule has 2 aliphatic rings. The molecule has 0 bridgehead atoms. The first-order chi connectivity index (χ1) is 18.9. The number of ether oxygens (including phenoxy) is 2. The number of aromatic nitrogens is 4. The first kappa shape index (κ1) is 25.1. The molecule has 1 saturated carbocycles. The number of piperidine rings is 1. The van der Waals surface area contributed by atoms with E-state index in [1.54, 1.807) is 18.9 Å². The fourth-order valence-electron chi connectivity index (χ4n) is 5.29. The van der Waals surface area contributed by atoms with Gasteiger partial charge >= 0.3 is 0 Å². The van der Waals surface area contributed by atoms with Gasteiger partial charge in [0.15, 0.2) is 17.1 Å². The van der Waals surface area contributed by atoms with Crippen molar-refractivity contribution in [3.05, 3.63) is 65.3 Å². The zero-order chi connectivity index (χ0) is 27.1. The lowest BCUT2D eigenvalue weighted by Gasteiger charge is -2.38. The number of amides is 1. The molecule has 1 aliphatic carbocycles. The Kier molecular flexibility index (Phi) is 6.34. The Morgan fingerprint density at radius 1 is 1.05 bits per heavy atom. The van der Waals surface area contributed by atoms with Crippen LogP contribution in [0.2, 0.25) is 0 Å². The molecule has 3 heterocycles. The van der Waals surface area contributed by atoms with E-state index in [0.717, 1.165) is 29.7 Å². The standard InChI is InChI=1S/C29H31N5O5/c1-38-24-9-8-21(15-25(24)39-2)20-4-3-5-22(14-20)34-26-23(16-31-34)28(36)33(18-30-26)17-29(37)10-12-32(13-11-29)27(35)19-6-7-19/h3-5,8-9,14-16,18-19,37H,6-7,10-13,17H2,1-2H3. The highest BCUT2D eigenvalue weighted by atomic mass is 16.5. The molecule has 1 amide bonds. The van der Waals surface area contributed by atoms with E-state index < -0.39 is 5.60 Å². The number of hydrogen-bond donors (Lipinski definition) is 1. The summed E-state index contributed by atoms with van der Waals surface area (Å²) in [5, 5.41) is 16.0. The van der Waals surface area contributed by atoms with Gasteiger partial charge < -0.3 is 19.5 Å². The van der Waals surface area contributed by atoms with E-state index in [9.17, 15) is 14.7 Å². The van der Waals surface area contributed by atoms with Crippen molar-refractivity contribution in [2.75, 3.05) is 27.3 Å². The molecule has 2 aromatic heterocycles. The predicted molar refractivity (Wildman–Crippen MR) is 145 cm³/mol. The van der Waals surface area contributed by atoms with Gasteiger partial charge in [0, 0.05) is 19.0 Å². The minimum absolute atomic E-state index is 0.125. The number of fused-ring (bicyclic) bond motifs is 1. The van der Waals surface area contributed by atoms with Crippen LogP contribution >= 0.6 is 0 Å². The van der Waals surface area contributed by atoms with Gasteiger partial charge in [0.2, 0.25) is 5.91 Å². The maximum Gasteiger partial charge on any atom is 0.264 e. The van der Waals surface area contributed by atoms with Gasteiger partial charge in [-0.3, -0.25) is 14.2 Å². The molecule has 4 aromatic rings. The van der Waals surface area contributed by atoms with Crippen molar-refractivity contribution in [2.45, 2.75) is 37.8 Å². The van der Waals surface area contributed by atoms with E-state index in [2.05, 4.69) is 10.1 Å². The monoisotopic (exact) mass is 529 g/mol. The van der Waals surface area contributed by atoms with Crippen molar-refractivity contribution < 1.29 is 19.4 Å². The summed E-state index contributed by atoms with van der Waals surface area (Å²) in [6, 6.07) is 13.5. The molecule has 2 aromatic carbocycles. The predicted octanol–water partition coefficient (Wildman–Crippen LogP) is 3.03. The Morgan fingerprint density at radius 2 is 1.79 bits per heavy atom. The van der Waals surface area contributed by atoms with E-state index in [0.29, 0.717) is 48.5 Å². The Bertz CT molecular complexity index is 1600. The SMILES string of the molecule is COc1ccc(-c2cccc(-n3ncc4c(=O)n(CC5(O)CCN(C(=O)C6CC6)CC5)cnc43)c2)cc1OC. The number of likely N-dealkylation sites (tertiary alicyclic amines) is 1. The maximum absolute atomic E-state index is 13.3. The van der Waals surface area contributed by atoms with Gasteiger partial charge in [-0.2, -0.15) is 5.10 Å². The average molecular weight is 530 g/mol. The number of carbonyl (C=O) groups excluding carboxylic acids is 1. The van der Waals surface area contributed by atoms with Crippen LogP contribution in [0.1, 0.15) is 25.7 Å². The third kappa shape index (κ3) is 4.76. The van der Waals surface area contributed by atoms with Gasteiger partial charge in [0.05, 0.1) is 38.2 Å². The molecule has 10 heteroatoms. The molecular weight excluding hydrogens is 498 g/mol. The molecule has 202 valence electrons. The number of nitrogens with zero attached hydrogens (tertiary/aromatic N) is 5. The average Bonchev–Trinajstić information content (AvgIpc) is 3.73. The third-order valence-electron chi connectivity index (χ3n) is 7.76. The van der Waals surface area contributed by atoms with Crippen molar-refractivity contribution in [1.29, 1.82) is 0 Å². The first-order valence-corrected chi connectivity index (χ1v) is 13.2. The normalized spacial score (nSPS) is 16.8. The Hall–Kier alpha value is -4.18. The van der Waals surface area contributed by atoms with Gasteiger partial charge in [0.25, 0.3) is 5.56 Å². The summed E-state index contributed by atoms with van der Waals surface area (Å²) >= 11 is 0. The van der Waals surface area contributed by atoms with Crippen LogP contribution in [0.25, 0.3) is 27.8 Å². The Balaban J connectivity index is 1.24. The highest BCUT2D eigenvalue weighted by Gasteiger charge is 2.39. The van der Waals surface area contributed by atoms with E-state index in [1.807, 2.05) is 47.4 Å². The number of benzene rings is 2. The molecule has 1 N–H and O–H groups in total. The van der Waals surface area contributed by atoms with E-state index in [1.165, 1.54) is 17.1 Å². The third-order valence-corrected chi connectivity index (χ3v) is 7.76. The first-order valence-electron chi connectivity index (χ1n) is 13.2. The van der Waals surface area contributed by atoms with Crippen molar-refractivity contribution in [1.82, 2.24) is 24.2 Å². The second-order valence-electron chi connectivity index (χ2n) is 10.4. The molecule has 1 saturated heterocycles. The summed E-state index contributed by atoms with van der Waals surface area (Å²) in [4.78, 5) is 32.1. The summed E-state index contributed by atoms with van der Waals surface area (Å²) in [6.07, 6.45) is 5.78. The van der Waals surface area contributed by atoms with Crippen LogP contribution in [-0.4, -0.2) is 68.2 Å². The van der Waals surface area contributed by atoms with Crippen LogP contribution in [0.15, 0.2) is 59.8 Å². The largest absolute Gasteiger partial charge is 0.493 e. The molecule has 0 atom stereocenters. The van der Waals surface area contributed by atoms with Crippen molar-refractivity contribution in [3.63, 3.8) is 0 Å². The Morgan fingerprint density at radius 3 is 2.51 bits per heavy atom. The van der Waals surface area contributed by atoms with Crippen molar-refractivity contribution >= 4 is 16.9 Å². The van der Waals surface area contributed by atoms with E-state index in [-0.39, 0.29) is 23.9 Å².